The molecule has 0 unspecified atom stereocenters. The van der Waals surface area contributed by atoms with Gasteiger partial charge in [0.1, 0.15) is 0 Å². The number of rotatable bonds is 9. The van der Waals surface area contributed by atoms with Crippen LogP contribution in [-0.4, -0.2) is 19.8 Å². The van der Waals surface area contributed by atoms with Gasteiger partial charge in [0.2, 0.25) is 0 Å². The van der Waals surface area contributed by atoms with Gasteiger partial charge < -0.3 is 17.0 Å². The van der Waals surface area contributed by atoms with Gasteiger partial charge in [0.25, 0.3) is 0 Å². The standard InChI is InChI=1S/2C4H9.C4H7.BrH.Sn/c3*1-3-4-2;;/h2*1,3-4H2,2H3;3H,1-2,4H2;1H;/q;;;;+1/p-1. The van der Waals surface area contributed by atoms with Gasteiger partial charge in [0.05, 0.1) is 0 Å². The molecule has 14 heavy (non-hydrogen) atoms. The number of allylic oxidation sites excluding steroid dienone is 1. The van der Waals surface area contributed by atoms with Crippen LogP contribution in [0.2, 0.25) is 13.3 Å². The van der Waals surface area contributed by atoms with Gasteiger partial charge in [0.15, 0.2) is 0 Å². The first kappa shape index (κ1) is 17.4. The maximum atomic E-state index is 3.82. The topological polar surface area (TPSA) is 0 Å². The largest absolute Gasteiger partial charge is 1.00 e. The number of halogens is 1. The SMILES string of the molecule is C=CC[CH2][Sn+]([CH2]CCC)[CH2]CCC.[Br-]. The monoisotopic (exact) mass is 368 g/mol. The normalized spacial score (nSPS) is 9.29. The van der Waals surface area contributed by atoms with Crippen LogP contribution in [0, 0.1) is 0 Å². The second-order valence-electron chi connectivity index (χ2n) is 3.78. The molecular weight excluding hydrogens is 343 g/mol. The van der Waals surface area contributed by atoms with Gasteiger partial charge in [-0.2, -0.15) is 0 Å². The van der Waals surface area contributed by atoms with E-state index in [9.17, 15) is 0 Å². The summed E-state index contributed by atoms with van der Waals surface area (Å²) in [6, 6.07) is 0. The van der Waals surface area contributed by atoms with Crippen molar-refractivity contribution in [2.24, 2.45) is 0 Å². The van der Waals surface area contributed by atoms with Gasteiger partial charge in [0, 0.05) is 0 Å². The Bertz CT molecular complexity index is 107. The molecule has 0 radical (unpaired) electrons. The number of hydrogen-bond donors (Lipinski definition) is 0. The molecule has 0 spiro atoms. The van der Waals surface area contributed by atoms with Crippen LogP contribution in [-0.2, 0) is 0 Å². The molecular formula is C12H25BrSn. The summed E-state index contributed by atoms with van der Waals surface area (Å²) < 4.78 is 4.82. The third kappa shape index (κ3) is 11.1. The van der Waals surface area contributed by atoms with Gasteiger partial charge >= 0.3 is 91.7 Å². The summed E-state index contributed by atoms with van der Waals surface area (Å²) in [5, 5.41) is 0. The summed E-state index contributed by atoms with van der Waals surface area (Å²) in [6.45, 7) is 8.45. The predicted molar refractivity (Wildman–Crippen MR) is 64.8 cm³/mol. The molecule has 0 atom stereocenters. The van der Waals surface area contributed by atoms with Crippen molar-refractivity contribution >= 4 is 19.8 Å². The summed E-state index contributed by atoms with van der Waals surface area (Å²) in [4.78, 5) is 0. The van der Waals surface area contributed by atoms with Crippen molar-refractivity contribution in [3.05, 3.63) is 12.7 Å². The Hall–Kier alpha value is 1.02. The van der Waals surface area contributed by atoms with E-state index in [0.717, 1.165) is 0 Å². The van der Waals surface area contributed by atoms with Crippen LogP contribution in [0.15, 0.2) is 12.7 Å². The van der Waals surface area contributed by atoms with Crippen molar-refractivity contribution in [1.82, 2.24) is 0 Å². The van der Waals surface area contributed by atoms with E-state index in [1.54, 1.807) is 13.3 Å². The van der Waals surface area contributed by atoms with Crippen LogP contribution >= 0.6 is 0 Å². The smallest absolute Gasteiger partial charge is 1.00 e. The summed E-state index contributed by atoms with van der Waals surface area (Å²) in [5.74, 6) is 0. The molecule has 2 heteroatoms. The van der Waals surface area contributed by atoms with Crippen molar-refractivity contribution < 1.29 is 17.0 Å². The molecule has 0 fully saturated rings. The average Bonchev–Trinajstić information content (AvgIpc) is 2.17. The minimum atomic E-state index is -0.911. The molecule has 84 valence electrons. The zero-order valence-electron chi connectivity index (χ0n) is 9.82. The molecule has 0 aliphatic heterocycles. The maximum Gasteiger partial charge on any atom is -1.00 e. The van der Waals surface area contributed by atoms with E-state index in [2.05, 4.69) is 26.5 Å². The third-order valence-electron chi connectivity index (χ3n) is 2.47. The van der Waals surface area contributed by atoms with Gasteiger partial charge in [-0.15, -0.1) is 0 Å². The second kappa shape index (κ2) is 14.0. The van der Waals surface area contributed by atoms with E-state index < -0.39 is 19.8 Å². The van der Waals surface area contributed by atoms with Crippen LogP contribution in [0.4, 0.5) is 0 Å². The van der Waals surface area contributed by atoms with E-state index >= 15 is 0 Å². The fraction of sp³-hybridized carbons (Fsp3) is 0.833. The third-order valence-corrected chi connectivity index (χ3v) is 11.4. The Balaban J connectivity index is 0. The van der Waals surface area contributed by atoms with E-state index in [1.807, 2.05) is 0 Å². The molecule has 0 saturated carbocycles. The molecule has 0 aliphatic carbocycles. The Morgan fingerprint density at radius 1 is 1.00 bits per heavy atom. The quantitative estimate of drug-likeness (QED) is 0.429. The molecule has 0 N–H and O–H groups in total. The van der Waals surface area contributed by atoms with Gasteiger partial charge in [-0.05, 0) is 0 Å². The van der Waals surface area contributed by atoms with Crippen molar-refractivity contribution in [2.45, 2.75) is 59.3 Å². The van der Waals surface area contributed by atoms with Crippen LogP contribution in [0.5, 0.6) is 0 Å². The van der Waals surface area contributed by atoms with Crippen LogP contribution in [0.25, 0.3) is 0 Å². The first-order valence-corrected chi connectivity index (χ1v) is 11.8. The summed E-state index contributed by atoms with van der Waals surface area (Å²) in [5.41, 5.74) is 0. The Morgan fingerprint density at radius 3 is 1.86 bits per heavy atom. The van der Waals surface area contributed by atoms with E-state index in [1.165, 1.54) is 32.1 Å². The Kier molecular flexibility index (Phi) is 17.4. The van der Waals surface area contributed by atoms with Crippen LogP contribution in [0.1, 0.15) is 46.0 Å². The number of hydrogen-bond acceptors (Lipinski definition) is 0. The van der Waals surface area contributed by atoms with Crippen LogP contribution in [0.3, 0.4) is 0 Å². The van der Waals surface area contributed by atoms with E-state index in [0.29, 0.717) is 0 Å². The fourth-order valence-corrected chi connectivity index (χ4v) is 10.3. The molecule has 0 saturated heterocycles. The summed E-state index contributed by atoms with van der Waals surface area (Å²) in [7, 11) is 0. The summed E-state index contributed by atoms with van der Waals surface area (Å²) >= 11 is -0.911. The van der Waals surface area contributed by atoms with Gasteiger partial charge in [-0.1, -0.05) is 0 Å². The predicted octanol–water partition coefficient (Wildman–Crippen LogP) is 1.66. The minimum absolute atomic E-state index is 0. The molecule has 0 amide bonds. The van der Waals surface area contributed by atoms with E-state index in [4.69, 9.17) is 0 Å². The molecule has 0 aliphatic rings. The molecule has 0 rings (SSSR count). The first-order valence-electron chi connectivity index (χ1n) is 5.79. The fourth-order valence-electron chi connectivity index (χ4n) is 1.53. The average molecular weight is 368 g/mol. The second-order valence-corrected chi connectivity index (χ2v) is 12.3. The first-order chi connectivity index (χ1) is 6.35. The molecule has 0 heterocycles. The van der Waals surface area contributed by atoms with Crippen molar-refractivity contribution in [3.8, 4) is 0 Å². The molecule has 0 nitrogen and oxygen atoms in total. The van der Waals surface area contributed by atoms with Gasteiger partial charge in [-0.3, -0.25) is 0 Å². The van der Waals surface area contributed by atoms with E-state index in [-0.39, 0.29) is 17.0 Å². The molecule has 0 aromatic heterocycles. The Morgan fingerprint density at radius 2 is 1.50 bits per heavy atom. The zero-order chi connectivity index (χ0) is 9.94. The number of unbranched alkanes of at least 4 members (excludes halogenated alkanes) is 2. The zero-order valence-corrected chi connectivity index (χ0v) is 14.3. The molecule has 0 aromatic carbocycles. The molecule has 0 aromatic rings. The molecule has 0 bridgehead atoms. The minimum Gasteiger partial charge on any atom is -1.00 e. The maximum absolute atomic E-state index is 3.82. The van der Waals surface area contributed by atoms with Gasteiger partial charge in [-0.25, -0.2) is 0 Å². The summed E-state index contributed by atoms with van der Waals surface area (Å²) in [6.07, 6.45) is 9.18. The van der Waals surface area contributed by atoms with Crippen molar-refractivity contribution in [2.75, 3.05) is 0 Å². The van der Waals surface area contributed by atoms with Crippen molar-refractivity contribution in [1.29, 1.82) is 0 Å². The van der Waals surface area contributed by atoms with Crippen LogP contribution < -0.4 is 17.0 Å². The Labute approximate surface area is 108 Å². The van der Waals surface area contributed by atoms with Crippen molar-refractivity contribution in [3.63, 3.8) is 0 Å².